The summed E-state index contributed by atoms with van der Waals surface area (Å²) in [5.41, 5.74) is 1.44. The zero-order valence-corrected chi connectivity index (χ0v) is 14.1. The number of fused-ring (bicyclic) bond motifs is 1. The van der Waals surface area contributed by atoms with Gasteiger partial charge in [0.05, 0.1) is 12.2 Å². The number of anilines is 1. The monoisotopic (exact) mass is 343 g/mol. The van der Waals surface area contributed by atoms with E-state index in [0.717, 1.165) is 0 Å². The predicted octanol–water partition coefficient (Wildman–Crippen LogP) is 1.62. The Morgan fingerprint density at radius 2 is 2.08 bits per heavy atom. The number of rotatable bonds is 3. The number of nitrogens with zero attached hydrogens (tertiary/aromatic N) is 2. The Hall–Kier alpha value is -2.83. The van der Waals surface area contributed by atoms with Crippen LogP contribution in [-0.4, -0.2) is 28.2 Å². The first-order valence-electron chi connectivity index (χ1n) is 8.02. The molecule has 0 bridgehead atoms. The number of Topliss-reactive ketones (excluding diaryl/α,β-unsaturated/α-hetero) is 1. The third-order valence-electron chi connectivity index (χ3n) is 4.32. The van der Waals surface area contributed by atoms with Gasteiger partial charge >= 0.3 is 0 Å². The smallest absolute Gasteiger partial charge is 0.254 e. The minimum absolute atomic E-state index is 0.00749. The lowest BCUT2D eigenvalue weighted by molar-refractivity contribution is -0.123. The number of halogens is 1. The van der Waals surface area contributed by atoms with Crippen LogP contribution in [-0.2, 0) is 22.4 Å². The molecule has 25 heavy (non-hydrogen) atoms. The van der Waals surface area contributed by atoms with Crippen molar-refractivity contribution in [3.63, 3.8) is 0 Å². The van der Waals surface area contributed by atoms with Crippen molar-refractivity contribution in [3.8, 4) is 0 Å². The largest absolute Gasteiger partial charge is 0.311 e. The van der Waals surface area contributed by atoms with Crippen molar-refractivity contribution in [1.82, 2.24) is 9.97 Å². The van der Waals surface area contributed by atoms with Gasteiger partial charge in [0.1, 0.15) is 11.6 Å². The lowest BCUT2D eigenvalue weighted by Crippen LogP contribution is -2.41. The molecule has 1 aliphatic heterocycles. The van der Waals surface area contributed by atoms with Gasteiger partial charge in [0, 0.05) is 29.7 Å². The van der Waals surface area contributed by atoms with Crippen LogP contribution in [0.15, 0.2) is 23.0 Å². The highest BCUT2D eigenvalue weighted by atomic mass is 19.1. The molecule has 3 rings (SSSR count). The normalized spacial score (nSPS) is 13.7. The quantitative estimate of drug-likeness (QED) is 0.918. The predicted molar refractivity (Wildman–Crippen MR) is 90.1 cm³/mol. The lowest BCUT2D eigenvalue weighted by Gasteiger charge is -2.29. The van der Waals surface area contributed by atoms with E-state index >= 15 is 0 Å². The van der Waals surface area contributed by atoms with Crippen LogP contribution in [0.2, 0.25) is 0 Å². The maximum atomic E-state index is 13.9. The molecule has 2 heterocycles. The van der Waals surface area contributed by atoms with Crippen LogP contribution in [0.1, 0.15) is 29.1 Å². The standard InChI is InChI=1S/C18H18FN3O3/c1-10-13(18(25)21-11(2)20-10)6-7-17(24)22-9-12(23)8-14-15(19)4-3-5-16(14)22/h3-5H,6-9H2,1-2H3,(H,20,21,25). The van der Waals surface area contributed by atoms with Gasteiger partial charge in [0.2, 0.25) is 5.91 Å². The van der Waals surface area contributed by atoms with E-state index in [0.29, 0.717) is 22.8 Å². The molecule has 1 amide bonds. The van der Waals surface area contributed by atoms with E-state index in [2.05, 4.69) is 9.97 Å². The molecule has 7 heteroatoms. The Kier molecular flexibility index (Phi) is 4.48. The van der Waals surface area contributed by atoms with Crippen molar-refractivity contribution in [1.29, 1.82) is 0 Å². The van der Waals surface area contributed by atoms with Crippen LogP contribution < -0.4 is 10.5 Å². The molecule has 0 saturated heterocycles. The summed E-state index contributed by atoms with van der Waals surface area (Å²) in [7, 11) is 0. The van der Waals surface area contributed by atoms with Crippen LogP contribution >= 0.6 is 0 Å². The van der Waals surface area contributed by atoms with Crippen molar-refractivity contribution in [2.45, 2.75) is 33.1 Å². The van der Waals surface area contributed by atoms with Gasteiger partial charge in [-0.25, -0.2) is 9.37 Å². The number of hydrogen-bond donors (Lipinski definition) is 1. The summed E-state index contributed by atoms with van der Waals surface area (Å²) < 4.78 is 13.9. The summed E-state index contributed by atoms with van der Waals surface area (Å²) in [6, 6.07) is 4.43. The van der Waals surface area contributed by atoms with Gasteiger partial charge in [0.25, 0.3) is 5.56 Å². The fraction of sp³-hybridized carbons (Fsp3) is 0.333. The number of amides is 1. The molecule has 0 radical (unpaired) electrons. The summed E-state index contributed by atoms with van der Waals surface area (Å²) in [6.07, 6.45) is 0.243. The fourth-order valence-corrected chi connectivity index (χ4v) is 3.12. The molecule has 1 N–H and O–H groups in total. The molecular formula is C18H18FN3O3. The molecule has 0 fully saturated rings. The van der Waals surface area contributed by atoms with E-state index in [1.807, 2.05) is 0 Å². The molecular weight excluding hydrogens is 325 g/mol. The van der Waals surface area contributed by atoms with E-state index in [9.17, 15) is 18.8 Å². The Morgan fingerprint density at radius 1 is 1.32 bits per heavy atom. The van der Waals surface area contributed by atoms with Crippen LogP contribution in [0.25, 0.3) is 0 Å². The van der Waals surface area contributed by atoms with Crippen molar-refractivity contribution in [2.24, 2.45) is 0 Å². The SMILES string of the molecule is Cc1nc(C)c(CCC(=O)N2CC(=O)Cc3c(F)cccc32)c(=O)[nH]1. The number of aromatic nitrogens is 2. The van der Waals surface area contributed by atoms with Gasteiger partial charge in [-0.15, -0.1) is 0 Å². The molecule has 1 aromatic heterocycles. The van der Waals surface area contributed by atoms with Gasteiger partial charge in [-0.2, -0.15) is 0 Å². The van der Waals surface area contributed by atoms with Crippen molar-refractivity contribution in [2.75, 3.05) is 11.4 Å². The summed E-state index contributed by atoms with van der Waals surface area (Å²) >= 11 is 0. The molecule has 6 nitrogen and oxygen atoms in total. The number of carbonyl (C=O) groups is 2. The zero-order valence-electron chi connectivity index (χ0n) is 14.1. The molecule has 0 atom stereocenters. The Morgan fingerprint density at radius 3 is 2.80 bits per heavy atom. The van der Waals surface area contributed by atoms with E-state index in [1.165, 1.54) is 17.0 Å². The Balaban J connectivity index is 1.82. The number of aromatic amines is 1. The highest BCUT2D eigenvalue weighted by molar-refractivity contribution is 6.03. The van der Waals surface area contributed by atoms with E-state index in [4.69, 9.17) is 0 Å². The van der Waals surface area contributed by atoms with Gasteiger partial charge < -0.3 is 9.88 Å². The topological polar surface area (TPSA) is 83.1 Å². The second-order valence-electron chi connectivity index (χ2n) is 6.15. The Labute approximate surface area is 143 Å². The first-order chi connectivity index (χ1) is 11.9. The summed E-state index contributed by atoms with van der Waals surface area (Å²) in [6.45, 7) is 3.34. The number of aryl methyl sites for hydroxylation is 2. The number of benzene rings is 1. The van der Waals surface area contributed by atoms with Crippen LogP contribution in [0.5, 0.6) is 0 Å². The number of hydrogen-bond acceptors (Lipinski definition) is 4. The molecule has 0 saturated carbocycles. The van der Waals surface area contributed by atoms with Crippen molar-refractivity contribution < 1.29 is 14.0 Å². The second-order valence-corrected chi connectivity index (χ2v) is 6.15. The average Bonchev–Trinajstić information content (AvgIpc) is 2.54. The fourth-order valence-electron chi connectivity index (χ4n) is 3.12. The van der Waals surface area contributed by atoms with Crippen molar-refractivity contribution in [3.05, 3.63) is 57.0 Å². The number of nitrogens with one attached hydrogen (secondary N) is 1. The third-order valence-corrected chi connectivity index (χ3v) is 4.32. The minimum Gasteiger partial charge on any atom is -0.311 e. The minimum atomic E-state index is -0.488. The van der Waals surface area contributed by atoms with Crippen LogP contribution in [0.4, 0.5) is 10.1 Å². The molecule has 130 valence electrons. The zero-order chi connectivity index (χ0) is 18.1. The van der Waals surface area contributed by atoms with Gasteiger partial charge in [-0.1, -0.05) is 6.07 Å². The van der Waals surface area contributed by atoms with Crippen molar-refractivity contribution >= 4 is 17.4 Å². The molecule has 2 aromatic rings. The van der Waals surface area contributed by atoms with Crippen LogP contribution in [0.3, 0.4) is 0 Å². The summed E-state index contributed by atoms with van der Waals surface area (Å²) in [5.74, 6) is -0.502. The Bertz CT molecular complexity index is 920. The molecule has 0 unspecified atom stereocenters. The first-order valence-corrected chi connectivity index (χ1v) is 8.02. The molecule has 0 spiro atoms. The summed E-state index contributed by atoms with van der Waals surface area (Å²) in [4.78, 5) is 44.6. The van der Waals surface area contributed by atoms with Gasteiger partial charge in [0.15, 0.2) is 5.78 Å². The number of carbonyl (C=O) groups excluding carboxylic acids is 2. The van der Waals surface area contributed by atoms with Gasteiger partial charge in [-0.05, 0) is 32.4 Å². The third kappa shape index (κ3) is 3.35. The van der Waals surface area contributed by atoms with E-state index in [1.54, 1.807) is 19.9 Å². The molecule has 0 aliphatic carbocycles. The maximum Gasteiger partial charge on any atom is 0.254 e. The highest BCUT2D eigenvalue weighted by Crippen LogP contribution is 2.28. The molecule has 1 aromatic carbocycles. The van der Waals surface area contributed by atoms with E-state index in [-0.39, 0.29) is 48.6 Å². The first kappa shape index (κ1) is 17.0. The van der Waals surface area contributed by atoms with E-state index < -0.39 is 5.82 Å². The molecule has 1 aliphatic rings. The number of ketones is 1. The number of H-pyrrole nitrogens is 1. The maximum absolute atomic E-state index is 13.9. The van der Waals surface area contributed by atoms with Gasteiger partial charge in [-0.3, -0.25) is 14.4 Å². The second kappa shape index (κ2) is 6.58. The highest BCUT2D eigenvalue weighted by Gasteiger charge is 2.28. The lowest BCUT2D eigenvalue weighted by atomic mass is 9.99. The van der Waals surface area contributed by atoms with Crippen LogP contribution in [0, 0.1) is 19.7 Å². The summed E-state index contributed by atoms with van der Waals surface area (Å²) in [5, 5.41) is 0. The average molecular weight is 343 g/mol.